The van der Waals surface area contributed by atoms with E-state index in [1.54, 1.807) is 17.0 Å². The number of aryl methyl sites for hydroxylation is 1. The first-order valence-electron chi connectivity index (χ1n) is 10.0. The minimum atomic E-state index is -4.77. The molecule has 4 rings (SSSR count). The number of anilines is 2. The number of carbonyl (C=O) groups is 2. The van der Waals surface area contributed by atoms with Gasteiger partial charge in [0.05, 0.1) is 12.2 Å². The SMILES string of the molecule is O=C(CCC(=O)N1CCOc2ccccc21)N1CCCc2cc(OC(F)(F)F)ccc21. The van der Waals surface area contributed by atoms with Crippen molar-refractivity contribution in [1.29, 1.82) is 0 Å². The Morgan fingerprint density at radius 2 is 1.68 bits per heavy atom. The first-order chi connectivity index (χ1) is 14.8. The second kappa shape index (κ2) is 8.49. The van der Waals surface area contributed by atoms with E-state index >= 15 is 0 Å². The number of alkyl halides is 3. The summed E-state index contributed by atoms with van der Waals surface area (Å²) in [5.41, 5.74) is 1.87. The molecule has 0 aliphatic carbocycles. The van der Waals surface area contributed by atoms with Crippen molar-refractivity contribution >= 4 is 23.2 Å². The summed E-state index contributed by atoms with van der Waals surface area (Å²) in [4.78, 5) is 28.7. The van der Waals surface area contributed by atoms with E-state index in [1.165, 1.54) is 23.1 Å². The topological polar surface area (TPSA) is 59.1 Å². The maximum atomic E-state index is 12.8. The van der Waals surface area contributed by atoms with Gasteiger partial charge in [-0.3, -0.25) is 9.59 Å². The molecule has 0 aromatic heterocycles. The third kappa shape index (κ3) is 4.76. The Labute approximate surface area is 177 Å². The molecule has 0 N–H and O–H groups in total. The van der Waals surface area contributed by atoms with Crippen molar-refractivity contribution < 1.29 is 32.2 Å². The van der Waals surface area contributed by atoms with E-state index in [-0.39, 0.29) is 30.4 Å². The summed E-state index contributed by atoms with van der Waals surface area (Å²) in [5, 5.41) is 0. The lowest BCUT2D eigenvalue weighted by Gasteiger charge is -2.31. The molecular weight excluding hydrogens is 413 g/mol. The molecule has 31 heavy (non-hydrogen) atoms. The lowest BCUT2D eigenvalue weighted by molar-refractivity contribution is -0.274. The van der Waals surface area contributed by atoms with Crippen LogP contribution in [-0.2, 0) is 16.0 Å². The summed E-state index contributed by atoms with van der Waals surface area (Å²) in [6.07, 6.45) is -3.54. The highest BCUT2D eigenvalue weighted by Crippen LogP contribution is 2.34. The van der Waals surface area contributed by atoms with Crippen LogP contribution >= 0.6 is 0 Å². The fourth-order valence-electron chi connectivity index (χ4n) is 3.94. The Bertz CT molecular complexity index is 993. The molecule has 0 spiro atoms. The number of carbonyl (C=O) groups excluding carboxylic acids is 2. The van der Waals surface area contributed by atoms with Crippen molar-refractivity contribution in [2.45, 2.75) is 32.0 Å². The molecule has 0 bridgehead atoms. The van der Waals surface area contributed by atoms with Crippen LogP contribution in [-0.4, -0.2) is 37.9 Å². The fourth-order valence-corrected chi connectivity index (χ4v) is 3.94. The molecule has 0 unspecified atom stereocenters. The zero-order chi connectivity index (χ0) is 22.0. The molecule has 2 aromatic rings. The van der Waals surface area contributed by atoms with Gasteiger partial charge < -0.3 is 19.3 Å². The molecule has 0 saturated heterocycles. The Balaban J connectivity index is 1.42. The average Bonchev–Trinajstić information content (AvgIpc) is 2.75. The smallest absolute Gasteiger partial charge is 0.490 e. The first-order valence-corrected chi connectivity index (χ1v) is 10.0. The van der Waals surface area contributed by atoms with Gasteiger partial charge in [-0.2, -0.15) is 0 Å². The number of hydrogen-bond donors (Lipinski definition) is 0. The van der Waals surface area contributed by atoms with Crippen LogP contribution in [0.3, 0.4) is 0 Å². The Morgan fingerprint density at radius 1 is 0.968 bits per heavy atom. The molecule has 9 heteroatoms. The van der Waals surface area contributed by atoms with E-state index in [0.717, 1.165) is 0 Å². The van der Waals surface area contributed by atoms with Gasteiger partial charge in [0.2, 0.25) is 11.8 Å². The molecular formula is C22H21F3N2O4. The molecule has 2 aromatic carbocycles. The molecule has 0 atom stereocenters. The summed E-state index contributed by atoms with van der Waals surface area (Å²) in [5.74, 6) is -0.0763. The van der Waals surface area contributed by atoms with Crippen LogP contribution in [0.25, 0.3) is 0 Å². The average molecular weight is 434 g/mol. The standard InChI is InChI=1S/C22H21F3N2O4/c23-22(24,25)31-16-7-8-17-15(14-16)4-3-11-26(17)20(28)9-10-21(29)27-12-13-30-19-6-2-1-5-18(19)27/h1-2,5-8,14H,3-4,9-13H2. The van der Waals surface area contributed by atoms with Crippen LogP contribution < -0.4 is 19.3 Å². The number of nitrogens with zero attached hydrogens (tertiary/aromatic N) is 2. The van der Waals surface area contributed by atoms with Gasteiger partial charge in [0, 0.05) is 25.1 Å². The lowest BCUT2D eigenvalue weighted by atomic mass is 10.0. The zero-order valence-electron chi connectivity index (χ0n) is 16.7. The number of amides is 2. The van der Waals surface area contributed by atoms with Gasteiger partial charge in [0.25, 0.3) is 0 Å². The highest BCUT2D eigenvalue weighted by molar-refractivity contribution is 6.00. The molecule has 0 saturated carbocycles. The number of para-hydroxylation sites is 2. The van der Waals surface area contributed by atoms with Gasteiger partial charge in [0.15, 0.2) is 0 Å². The third-order valence-corrected chi connectivity index (χ3v) is 5.29. The molecule has 2 amide bonds. The molecule has 164 valence electrons. The summed E-state index contributed by atoms with van der Waals surface area (Å²) in [7, 11) is 0. The van der Waals surface area contributed by atoms with Crippen LogP contribution in [0.4, 0.5) is 24.5 Å². The third-order valence-electron chi connectivity index (χ3n) is 5.29. The maximum absolute atomic E-state index is 12.8. The van der Waals surface area contributed by atoms with Crippen molar-refractivity contribution in [3.8, 4) is 11.5 Å². The Kier molecular flexibility index (Phi) is 5.75. The highest BCUT2D eigenvalue weighted by atomic mass is 19.4. The fraction of sp³-hybridized carbons (Fsp3) is 0.364. The lowest BCUT2D eigenvalue weighted by Crippen LogP contribution is -2.39. The molecule has 2 aliphatic heterocycles. The van der Waals surface area contributed by atoms with Crippen molar-refractivity contribution in [3.05, 3.63) is 48.0 Å². The predicted molar refractivity (Wildman–Crippen MR) is 107 cm³/mol. The van der Waals surface area contributed by atoms with E-state index in [1.807, 2.05) is 12.1 Å². The summed E-state index contributed by atoms with van der Waals surface area (Å²) < 4.78 is 46.9. The number of ether oxygens (including phenoxy) is 2. The molecule has 2 heterocycles. The Hall–Kier alpha value is -3.23. The van der Waals surface area contributed by atoms with Gasteiger partial charge in [-0.05, 0) is 48.7 Å². The van der Waals surface area contributed by atoms with Crippen LogP contribution in [0, 0.1) is 0 Å². The van der Waals surface area contributed by atoms with Gasteiger partial charge in [-0.1, -0.05) is 12.1 Å². The maximum Gasteiger partial charge on any atom is 0.573 e. The van der Waals surface area contributed by atoms with Crippen molar-refractivity contribution in [2.75, 3.05) is 29.5 Å². The number of hydrogen-bond acceptors (Lipinski definition) is 4. The monoisotopic (exact) mass is 434 g/mol. The molecule has 2 aliphatic rings. The summed E-state index contributed by atoms with van der Waals surface area (Å²) in [6.45, 7) is 1.26. The summed E-state index contributed by atoms with van der Waals surface area (Å²) in [6, 6.07) is 11.2. The van der Waals surface area contributed by atoms with E-state index in [2.05, 4.69) is 4.74 Å². The second-order valence-electron chi connectivity index (χ2n) is 7.35. The quantitative estimate of drug-likeness (QED) is 0.728. The predicted octanol–water partition coefficient (Wildman–Crippen LogP) is 4.07. The summed E-state index contributed by atoms with van der Waals surface area (Å²) >= 11 is 0. The second-order valence-corrected chi connectivity index (χ2v) is 7.35. The van der Waals surface area contributed by atoms with Crippen molar-refractivity contribution in [2.24, 2.45) is 0 Å². The minimum Gasteiger partial charge on any atom is -0.490 e. The number of benzene rings is 2. The normalized spacial score (nSPS) is 15.6. The largest absolute Gasteiger partial charge is 0.573 e. The van der Waals surface area contributed by atoms with Gasteiger partial charge >= 0.3 is 6.36 Å². The molecule has 0 radical (unpaired) electrons. The highest BCUT2D eigenvalue weighted by Gasteiger charge is 2.32. The number of fused-ring (bicyclic) bond motifs is 2. The van der Waals surface area contributed by atoms with Crippen LogP contribution in [0.5, 0.6) is 11.5 Å². The van der Waals surface area contributed by atoms with E-state index in [9.17, 15) is 22.8 Å². The van der Waals surface area contributed by atoms with Crippen LogP contribution in [0.2, 0.25) is 0 Å². The number of halogens is 3. The number of rotatable bonds is 4. The van der Waals surface area contributed by atoms with Gasteiger partial charge in [-0.15, -0.1) is 13.2 Å². The van der Waals surface area contributed by atoms with Crippen molar-refractivity contribution in [1.82, 2.24) is 0 Å². The van der Waals surface area contributed by atoms with E-state index in [4.69, 9.17) is 4.74 Å². The van der Waals surface area contributed by atoms with E-state index in [0.29, 0.717) is 55.2 Å². The van der Waals surface area contributed by atoms with Gasteiger partial charge in [0.1, 0.15) is 18.1 Å². The van der Waals surface area contributed by atoms with E-state index < -0.39 is 6.36 Å². The minimum absolute atomic E-state index is 0.0125. The van der Waals surface area contributed by atoms with Crippen molar-refractivity contribution in [3.63, 3.8) is 0 Å². The van der Waals surface area contributed by atoms with Crippen LogP contribution in [0.1, 0.15) is 24.8 Å². The van der Waals surface area contributed by atoms with Crippen LogP contribution in [0.15, 0.2) is 42.5 Å². The van der Waals surface area contributed by atoms with Gasteiger partial charge in [-0.25, -0.2) is 0 Å². The first kappa shape index (κ1) is 21.0. The zero-order valence-corrected chi connectivity index (χ0v) is 16.7. The molecule has 6 nitrogen and oxygen atoms in total. The molecule has 0 fully saturated rings. The Morgan fingerprint density at radius 3 is 2.42 bits per heavy atom.